The Morgan fingerprint density at radius 2 is 2.00 bits per heavy atom. The molecule has 0 bridgehead atoms. The molecule has 3 aliphatic heterocycles. The Hall–Kier alpha value is -3.01. The smallest absolute Gasteiger partial charge is 0.252 e. The lowest BCUT2D eigenvalue weighted by atomic mass is 9.94. The number of carbonyl (C=O) groups is 1. The molecule has 0 saturated carbocycles. The highest BCUT2D eigenvalue weighted by Gasteiger charge is 2.39. The Morgan fingerprint density at radius 1 is 1.07 bits per heavy atom. The Bertz CT molecular complexity index is 1320. The minimum Gasteiger partial charge on any atom is -0.359 e. The van der Waals surface area contributed by atoms with Gasteiger partial charge in [0.2, 0.25) is 0 Å². The average Bonchev–Trinajstić information content (AvgIpc) is 3.34. The van der Waals surface area contributed by atoms with E-state index in [4.69, 9.17) is 0 Å². The van der Waals surface area contributed by atoms with Crippen LogP contribution in [0.1, 0.15) is 34.3 Å². The maximum atomic E-state index is 13.0. The SMILES string of the molecule is O=C1NCc2c1c1c3c4c2c2c(n4CCCCN3C3C=CC=CC=13)=CC=CC2. The van der Waals surface area contributed by atoms with Crippen LogP contribution in [-0.2, 0) is 19.5 Å². The monoisotopic (exact) mass is 367 g/mol. The molecule has 7 rings (SSSR count). The van der Waals surface area contributed by atoms with Crippen LogP contribution < -0.4 is 20.8 Å². The molecule has 1 aromatic carbocycles. The lowest BCUT2D eigenvalue weighted by Gasteiger charge is -2.31. The van der Waals surface area contributed by atoms with Crippen LogP contribution in [0.25, 0.3) is 22.6 Å². The maximum absolute atomic E-state index is 13.0. The van der Waals surface area contributed by atoms with Gasteiger partial charge in [0.05, 0.1) is 22.8 Å². The van der Waals surface area contributed by atoms with Crippen molar-refractivity contribution >= 4 is 34.1 Å². The molecular weight excluding hydrogens is 346 g/mol. The van der Waals surface area contributed by atoms with Gasteiger partial charge in [0, 0.05) is 35.6 Å². The number of benzene rings is 1. The Morgan fingerprint density at radius 3 is 2.96 bits per heavy atom. The first kappa shape index (κ1) is 15.0. The van der Waals surface area contributed by atoms with E-state index in [1.165, 1.54) is 56.7 Å². The molecule has 5 aliphatic rings. The summed E-state index contributed by atoms with van der Waals surface area (Å²) in [6.07, 6.45) is 18.8. The van der Waals surface area contributed by atoms with E-state index < -0.39 is 0 Å². The first-order chi connectivity index (χ1) is 13.8. The number of allylic oxidation sites excluding steroid dienone is 4. The summed E-state index contributed by atoms with van der Waals surface area (Å²) in [4.78, 5) is 15.5. The van der Waals surface area contributed by atoms with Crippen LogP contribution in [0.5, 0.6) is 0 Å². The standard InChI is InChI=1S/C24H21N3O/c28-24-21-16(13-25-24)19-14-7-1-3-9-17(14)26-11-5-6-12-27-18-10-4-2-8-15(18)20(21)23(27)22(19)26/h1-4,8-10,18H,5-7,11-13H2,(H,25,28). The van der Waals surface area contributed by atoms with Crippen LogP contribution in [0, 0.1) is 0 Å². The quantitative estimate of drug-likeness (QED) is 0.774. The van der Waals surface area contributed by atoms with Gasteiger partial charge in [0.25, 0.3) is 5.91 Å². The molecule has 1 aromatic heterocycles. The van der Waals surface area contributed by atoms with Crippen molar-refractivity contribution in [2.24, 2.45) is 0 Å². The van der Waals surface area contributed by atoms with E-state index in [2.05, 4.69) is 57.3 Å². The van der Waals surface area contributed by atoms with Crippen molar-refractivity contribution < 1.29 is 4.79 Å². The average molecular weight is 367 g/mol. The summed E-state index contributed by atoms with van der Waals surface area (Å²) < 4.78 is 2.55. The molecule has 4 nitrogen and oxygen atoms in total. The second-order valence-corrected chi connectivity index (χ2v) is 8.34. The molecular formula is C24H21N3O. The van der Waals surface area contributed by atoms with Crippen molar-refractivity contribution in [2.45, 2.75) is 38.4 Å². The zero-order chi connectivity index (χ0) is 18.4. The molecule has 1 unspecified atom stereocenters. The molecule has 138 valence electrons. The molecule has 4 heteroatoms. The molecule has 0 radical (unpaired) electrons. The normalized spacial score (nSPS) is 23.3. The zero-order valence-electron chi connectivity index (χ0n) is 15.7. The molecule has 2 aliphatic carbocycles. The number of aryl methyl sites for hydroxylation is 1. The predicted molar refractivity (Wildman–Crippen MR) is 112 cm³/mol. The first-order valence-electron chi connectivity index (χ1n) is 10.4. The topological polar surface area (TPSA) is 37.3 Å². The van der Waals surface area contributed by atoms with Crippen molar-refractivity contribution in [1.82, 2.24) is 9.88 Å². The third-order valence-corrected chi connectivity index (χ3v) is 7.03. The summed E-state index contributed by atoms with van der Waals surface area (Å²) in [7, 11) is 0. The molecule has 1 N–H and O–H groups in total. The number of anilines is 1. The number of hydrogen-bond donors (Lipinski definition) is 1. The molecule has 0 spiro atoms. The van der Waals surface area contributed by atoms with Crippen LogP contribution in [0.2, 0.25) is 0 Å². The summed E-state index contributed by atoms with van der Waals surface area (Å²) in [5, 5.41) is 7.01. The van der Waals surface area contributed by atoms with Crippen molar-refractivity contribution in [3.05, 3.63) is 63.7 Å². The zero-order valence-corrected chi connectivity index (χ0v) is 15.7. The number of fused-ring (bicyclic) bond motifs is 8. The van der Waals surface area contributed by atoms with Crippen LogP contribution >= 0.6 is 0 Å². The third kappa shape index (κ3) is 1.61. The number of hydrogen-bond acceptors (Lipinski definition) is 2. The number of rotatable bonds is 0. The highest BCUT2D eigenvalue weighted by atomic mass is 16.1. The summed E-state index contributed by atoms with van der Waals surface area (Å²) in [5.41, 5.74) is 7.50. The highest BCUT2D eigenvalue weighted by Crippen LogP contribution is 2.41. The lowest BCUT2D eigenvalue weighted by Crippen LogP contribution is -2.34. The van der Waals surface area contributed by atoms with Crippen LogP contribution in [0.15, 0.2) is 36.5 Å². The molecule has 4 heterocycles. The molecule has 0 saturated heterocycles. The van der Waals surface area contributed by atoms with Crippen molar-refractivity contribution in [1.29, 1.82) is 0 Å². The van der Waals surface area contributed by atoms with Gasteiger partial charge < -0.3 is 14.8 Å². The number of amides is 1. The van der Waals surface area contributed by atoms with E-state index in [0.29, 0.717) is 6.54 Å². The van der Waals surface area contributed by atoms with Crippen molar-refractivity contribution in [3.63, 3.8) is 0 Å². The van der Waals surface area contributed by atoms with Gasteiger partial charge in [-0.05, 0) is 42.0 Å². The fourth-order valence-electron chi connectivity index (χ4n) is 5.97. The van der Waals surface area contributed by atoms with Gasteiger partial charge in [-0.2, -0.15) is 0 Å². The maximum Gasteiger partial charge on any atom is 0.252 e. The van der Waals surface area contributed by atoms with Gasteiger partial charge >= 0.3 is 0 Å². The van der Waals surface area contributed by atoms with Crippen LogP contribution in [0.4, 0.5) is 5.69 Å². The van der Waals surface area contributed by atoms with E-state index in [0.717, 1.165) is 25.1 Å². The fourth-order valence-corrected chi connectivity index (χ4v) is 5.97. The number of carbonyl (C=O) groups excluding carboxylic acids is 1. The number of aromatic nitrogens is 1. The third-order valence-electron chi connectivity index (χ3n) is 7.03. The second kappa shape index (κ2) is 5.07. The van der Waals surface area contributed by atoms with E-state index in [1.807, 2.05) is 0 Å². The van der Waals surface area contributed by atoms with Crippen molar-refractivity contribution in [3.8, 4) is 0 Å². The summed E-state index contributed by atoms with van der Waals surface area (Å²) in [6, 6.07) is 0.253. The van der Waals surface area contributed by atoms with Gasteiger partial charge in [-0.3, -0.25) is 4.79 Å². The highest BCUT2D eigenvalue weighted by molar-refractivity contribution is 6.12. The van der Waals surface area contributed by atoms with E-state index >= 15 is 0 Å². The molecule has 28 heavy (non-hydrogen) atoms. The van der Waals surface area contributed by atoms with E-state index in [-0.39, 0.29) is 11.9 Å². The molecule has 1 atom stereocenters. The Labute approximate surface area is 162 Å². The largest absolute Gasteiger partial charge is 0.359 e. The van der Waals surface area contributed by atoms with Gasteiger partial charge in [-0.15, -0.1) is 0 Å². The van der Waals surface area contributed by atoms with Gasteiger partial charge in [-0.25, -0.2) is 0 Å². The van der Waals surface area contributed by atoms with Gasteiger partial charge in [-0.1, -0.05) is 36.5 Å². The number of nitrogens with one attached hydrogen (secondary N) is 1. The summed E-state index contributed by atoms with van der Waals surface area (Å²) in [6.45, 7) is 2.75. The minimum absolute atomic E-state index is 0.0955. The van der Waals surface area contributed by atoms with E-state index in [9.17, 15) is 4.79 Å². The molecule has 0 fully saturated rings. The Kier molecular flexibility index (Phi) is 2.71. The van der Waals surface area contributed by atoms with E-state index in [1.54, 1.807) is 0 Å². The summed E-state index contributed by atoms with van der Waals surface area (Å²) in [5.74, 6) is 0.0955. The Balaban J connectivity index is 1.78. The lowest BCUT2D eigenvalue weighted by molar-refractivity contribution is 0.0965. The van der Waals surface area contributed by atoms with Crippen molar-refractivity contribution in [2.75, 3.05) is 11.4 Å². The first-order valence-corrected chi connectivity index (χ1v) is 10.4. The number of nitrogens with zero attached hydrogens (tertiary/aromatic N) is 2. The minimum atomic E-state index is 0.0955. The molecule has 1 amide bonds. The summed E-state index contributed by atoms with van der Waals surface area (Å²) >= 11 is 0. The van der Waals surface area contributed by atoms with Crippen LogP contribution in [-0.4, -0.2) is 23.1 Å². The van der Waals surface area contributed by atoms with Crippen LogP contribution in [0.3, 0.4) is 0 Å². The second-order valence-electron chi connectivity index (χ2n) is 8.34. The fraction of sp³-hybridized carbons (Fsp3) is 0.292. The van der Waals surface area contributed by atoms with Gasteiger partial charge in [0.15, 0.2) is 0 Å². The van der Waals surface area contributed by atoms with Gasteiger partial charge in [0.1, 0.15) is 0 Å². The predicted octanol–water partition coefficient (Wildman–Crippen LogP) is 2.04. The molecule has 2 aromatic rings.